The number of ether oxygens (including phenoxy) is 2. The number of rotatable bonds is 12. The lowest BCUT2D eigenvalue weighted by atomic mass is 10.0. The predicted octanol–water partition coefficient (Wildman–Crippen LogP) is 4.18. The molecule has 1 heterocycles. The highest BCUT2D eigenvalue weighted by Crippen LogP contribution is 2.17. The maximum atomic E-state index is 12.8. The number of carbonyl (C=O) groups is 2. The number of halogens is 2. The lowest BCUT2D eigenvalue weighted by molar-refractivity contribution is -0.149. The summed E-state index contributed by atoms with van der Waals surface area (Å²) in [4.78, 5) is 29.6. The van der Waals surface area contributed by atoms with E-state index in [9.17, 15) is 9.59 Å². The Kier molecular flexibility index (Phi) is 11.4. The van der Waals surface area contributed by atoms with Crippen LogP contribution >= 0.6 is 45.2 Å². The number of nitrogens with zero attached hydrogens (tertiary/aromatic N) is 2. The van der Waals surface area contributed by atoms with E-state index in [1.807, 2.05) is 18.4 Å². The maximum absolute atomic E-state index is 12.8. The first-order chi connectivity index (χ1) is 15.2. The van der Waals surface area contributed by atoms with Crippen LogP contribution < -0.4 is 5.32 Å². The van der Waals surface area contributed by atoms with Crippen molar-refractivity contribution in [3.8, 4) is 0 Å². The van der Waals surface area contributed by atoms with Crippen molar-refractivity contribution in [3.05, 3.63) is 49.1 Å². The van der Waals surface area contributed by atoms with Crippen LogP contribution in [0, 0.1) is 13.1 Å². The Bertz CT molecular complexity index is 881. The van der Waals surface area contributed by atoms with Gasteiger partial charge in [0.25, 0.3) is 0 Å². The van der Waals surface area contributed by atoms with Crippen molar-refractivity contribution in [1.29, 1.82) is 0 Å². The monoisotopic (exact) mass is 667 g/mol. The first-order valence-corrected chi connectivity index (χ1v) is 12.9. The highest BCUT2D eigenvalue weighted by atomic mass is 127. The third-order valence-corrected chi connectivity index (χ3v) is 5.98. The van der Waals surface area contributed by atoms with Crippen molar-refractivity contribution >= 4 is 57.1 Å². The minimum atomic E-state index is -0.686. The molecule has 32 heavy (non-hydrogen) atoms. The fraction of sp³-hybridized carbons (Fsp3) is 0.522. The van der Waals surface area contributed by atoms with E-state index in [4.69, 9.17) is 9.47 Å². The molecule has 0 fully saturated rings. The molecule has 7 nitrogen and oxygen atoms in total. The van der Waals surface area contributed by atoms with Crippen LogP contribution in [0.5, 0.6) is 0 Å². The average molecular weight is 667 g/mol. The number of aromatic nitrogens is 2. The smallest absolute Gasteiger partial charge is 0.323 e. The van der Waals surface area contributed by atoms with Gasteiger partial charge in [-0.2, -0.15) is 0 Å². The first-order valence-electron chi connectivity index (χ1n) is 10.8. The summed E-state index contributed by atoms with van der Waals surface area (Å²) < 4.78 is 14.9. The molecule has 176 valence electrons. The Morgan fingerprint density at radius 3 is 2.19 bits per heavy atom. The summed E-state index contributed by atoms with van der Waals surface area (Å²) in [5.74, 6) is -0.479. The highest BCUT2D eigenvalue weighted by Gasteiger charge is 2.29. The number of hydrogen-bond donors (Lipinski definition) is 1. The molecule has 0 saturated carbocycles. The van der Waals surface area contributed by atoms with E-state index in [0.717, 1.165) is 11.3 Å². The van der Waals surface area contributed by atoms with Crippen molar-refractivity contribution in [3.63, 3.8) is 0 Å². The van der Waals surface area contributed by atoms with Crippen molar-refractivity contribution in [2.24, 2.45) is 5.92 Å². The summed E-state index contributed by atoms with van der Waals surface area (Å²) in [6, 6.07) is 5.11. The topological polar surface area (TPSA) is 82.5 Å². The molecule has 2 unspecified atom stereocenters. The van der Waals surface area contributed by atoms with Crippen LogP contribution in [-0.4, -0.2) is 46.8 Å². The Labute approximate surface area is 217 Å². The van der Waals surface area contributed by atoms with Gasteiger partial charge in [-0.3, -0.25) is 14.9 Å². The molecule has 1 N–H and O–H groups in total. The molecular formula is C23H31I2N3O4. The highest BCUT2D eigenvalue weighted by molar-refractivity contribution is 14.1. The van der Waals surface area contributed by atoms with Gasteiger partial charge in [0.15, 0.2) is 0 Å². The maximum Gasteiger partial charge on any atom is 0.323 e. The van der Waals surface area contributed by atoms with Gasteiger partial charge in [-0.15, -0.1) is 0 Å². The van der Waals surface area contributed by atoms with Crippen LogP contribution in [0.25, 0.3) is 0 Å². The molecule has 0 aliphatic rings. The van der Waals surface area contributed by atoms with E-state index in [1.165, 1.54) is 7.14 Å². The lowest BCUT2D eigenvalue weighted by Crippen LogP contribution is -2.50. The Morgan fingerprint density at radius 2 is 1.62 bits per heavy atom. The van der Waals surface area contributed by atoms with Crippen LogP contribution in [0.1, 0.15) is 45.4 Å². The summed E-state index contributed by atoms with van der Waals surface area (Å²) in [5.41, 5.74) is 2.04. The van der Waals surface area contributed by atoms with Crippen LogP contribution in [0.15, 0.2) is 30.7 Å². The first kappa shape index (κ1) is 27.0. The van der Waals surface area contributed by atoms with Gasteiger partial charge in [-0.05, 0) is 95.1 Å². The normalized spacial score (nSPS) is 13.1. The summed E-state index contributed by atoms with van der Waals surface area (Å²) in [7, 11) is 0. The third kappa shape index (κ3) is 8.62. The number of carbonyl (C=O) groups excluding carboxylic acids is 2. The average Bonchev–Trinajstić information content (AvgIpc) is 3.12. The second kappa shape index (κ2) is 13.5. The Balaban J connectivity index is 2.24. The number of hydrogen-bond acceptors (Lipinski definition) is 6. The molecule has 1 aromatic carbocycles. The van der Waals surface area contributed by atoms with Crippen LogP contribution in [-0.2, 0) is 32.0 Å². The van der Waals surface area contributed by atoms with E-state index < -0.39 is 12.1 Å². The van der Waals surface area contributed by atoms with Crippen LogP contribution in [0.2, 0.25) is 0 Å². The Hall–Kier alpha value is -1.21. The van der Waals surface area contributed by atoms with Crippen molar-refractivity contribution in [2.45, 2.75) is 59.2 Å². The van der Waals surface area contributed by atoms with E-state index in [-0.39, 0.29) is 24.5 Å². The summed E-state index contributed by atoms with van der Waals surface area (Å²) in [5, 5.41) is 3.21. The van der Waals surface area contributed by atoms with Crippen LogP contribution in [0.4, 0.5) is 0 Å². The fourth-order valence-corrected chi connectivity index (χ4v) is 5.48. The standard InChI is InChI=1S/C23H31I2N3O4/c1-5-31-22(29)20(7-15(3)4)27-21(23(30)32-6-2)11-19-12-26-14-28(19)13-16-8-17(24)10-18(25)9-16/h8-10,12,14-15,20-21,27H,5-7,11,13H2,1-4H3. The zero-order chi connectivity index (χ0) is 23.7. The summed E-state index contributed by atoms with van der Waals surface area (Å²) in [6.07, 6.45) is 4.44. The zero-order valence-corrected chi connectivity index (χ0v) is 23.3. The van der Waals surface area contributed by atoms with Gasteiger partial charge in [-0.1, -0.05) is 13.8 Å². The molecule has 0 bridgehead atoms. The summed E-state index contributed by atoms with van der Waals surface area (Å²) >= 11 is 4.62. The number of imidazole rings is 1. The van der Waals surface area contributed by atoms with E-state index in [2.05, 4.69) is 73.7 Å². The molecule has 0 saturated heterocycles. The summed E-state index contributed by atoms with van der Waals surface area (Å²) in [6.45, 7) is 8.82. The van der Waals surface area contributed by atoms with Gasteiger partial charge in [0.2, 0.25) is 0 Å². The van der Waals surface area contributed by atoms with E-state index in [0.29, 0.717) is 26.0 Å². The lowest BCUT2D eigenvalue weighted by Gasteiger charge is -2.25. The number of esters is 2. The SMILES string of the molecule is CCOC(=O)C(Cc1cncn1Cc1cc(I)cc(I)c1)NC(CC(C)C)C(=O)OCC. The van der Waals surface area contributed by atoms with Gasteiger partial charge in [0, 0.05) is 32.0 Å². The molecule has 0 amide bonds. The molecular weight excluding hydrogens is 636 g/mol. The molecule has 9 heteroatoms. The zero-order valence-electron chi connectivity index (χ0n) is 18.9. The van der Waals surface area contributed by atoms with Gasteiger partial charge < -0.3 is 14.0 Å². The molecule has 0 aliphatic heterocycles. The van der Waals surface area contributed by atoms with Crippen LogP contribution in [0.3, 0.4) is 0 Å². The van der Waals surface area contributed by atoms with Gasteiger partial charge >= 0.3 is 11.9 Å². The molecule has 2 rings (SSSR count). The van der Waals surface area contributed by atoms with Crippen molar-refractivity contribution in [1.82, 2.24) is 14.9 Å². The molecule has 0 radical (unpaired) electrons. The second-order valence-electron chi connectivity index (χ2n) is 7.90. The molecule has 0 aliphatic carbocycles. The third-order valence-electron chi connectivity index (χ3n) is 4.74. The van der Waals surface area contributed by atoms with E-state index in [1.54, 1.807) is 26.4 Å². The molecule has 2 aromatic rings. The van der Waals surface area contributed by atoms with E-state index >= 15 is 0 Å². The fourth-order valence-electron chi connectivity index (χ4n) is 3.41. The van der Waals surface area contributed by atoms with Gasteiger partial charge in [-0.25, -0.2) is 4.98 Å². The van der Waals surface area contributed by atoms with Crippen molar-refractivity contribution in [2.75, 3.05) is 13.2 Å². The minimum Gasteiger partial charge on any atom is -0.465 e. The molecule has 0 spiro atoms. The second-order valence-corrected chi connectivity index (χ2v) is 10.4. The number of nitrogens with one attached hydrogen (secondary N) is 1. The van der Waals surface area contributed by atoms with Gasteiger partial charge in [0.05, 0.1) is 19.5 Å². The number of benzene rings is 1. The minimum absolute atomic E-state index is 0.258. The molecule has 2 atom stereocenters. The Morgan fingerprint density at radius 1 is 1.03 bits per heavy atom. The van der Waals surface area contributed by atoms with Crippen molar-refractivity contribution < 1.29 is 19.1 Å². The quantitative estimate of drug-likeness (QED) is 0.271. The predicted molar refractivity (Wildman–Crippen MR) is 140 cm³/mol. The molecule has 1 aromatic heterocycles. The largest absolute Gasteiger partial charge is 0.465 e. The van der Waals surface area contributed by atoms with Gasteiger partial charge in [0.1, 0.15) is 12.1 Å².